The van der Waals surface area contributed by atoms with Gasteiger partial charge in [-0.2, -0.15) is 0 Å². The first kappa shape index (κ1) is 10.1. The number of hydrogen-bond acceptors (Lipinski definition) is 4. The number of nitrogens with zero attached hydrogens (tertiary/aromatic N) is 2. The Morgan fingerprint density at radius 3 is 2.69 bits per heavy atom. The third kappa shape index (κ3) is 3.08. The van der Waals surface area contributed by atoms with E-state index in [0.29, 0.717) is 6.61 Å². The van der Waals surface area contributed by atoms with E-state index in [0.717, 1.165) is 12.2 Å². The quantitative estimate of drug-likeness (QED) is 0.729. The van der Waals surface area contributed by atoms with Crippen LogP contribution in [0, 0.1) is 0 Å². The molecule has 0 aliphatic rings. The summed E-state index contributed by atoms with van der Waals surface area (Å²) < 4.78 is 5.00. The molecule has 0 radical (unpaired) electrons. The van der Waals surface area contributed by atoms with E-state index in [4.69, 9.17) is 4.74 Å². The van der Waals surface area contributed by atoms with Gasteiger partial charge in [0, 0.05) is 26.1 Å². The summed E-state index contributed by atoms with van der Waals surface area (Å²) >= 11 is 0. The second-order valence-electron chi connectivity index (χ2n) is 2.73. The Morgan fingerprint density at radius 2 is 2.15 bits per heavy atom. The molecular formula is C9H15N3O. The lowest BCUT2D eigenvalue weighted by molar-refractivity contribution is 0.183. The fraction of sp³-hybridized carbons (Fsp3) is 0.556. The van der Waals surface area contributed by atoms with E-state index in [1.807, 2.05) is 13.1 Å². The third-order valence-electron chi connectivity index (χ3n) is 1.86. The van der Waals surface area contributed by atoms with Crippen LogP contribution >= 0.6 is 0 Å². The van der Waals surface area contributed by atoms with E-state index in [-0.39, 0.29) is 6.04 Å². The Labute approximate surface area is 78.4 Å². The molecule has 1 aromatic rings. The highest BCUT2D eigenvalue weighted by Gasteiger charge is 2.10. The summed E-state index contributed by atoms with van der Waals surface area (Å²) in [6, 6.07) is 1.99. The van der Waals surface area contributed by atoms with Crippen LogP contribution in [0.5, 0.6) is 0 Å². The molecule has 0 aliphatic carbocycles. The van der Waals surface area contributed by atoms with Gasteiger partial charge in [-0.05, 0) is 19.5 Å². The van der Waals surface area contributed by atoms with Gasteiger partial charge in [-0.3, -0.25) is 0 Å². The summed E-state index contributed by atoms with van der Waals surface area (Å²) in [7, 11) is 3.59. The molecule has 4 nitrogen and oxygen atoms in total. The Hall–Kier alpha value is -1.00. The summed E-state index contributed by atoms with van der Waals surface area (Å²) in [6.45, 7) is 0.712. The average molecular weight is 181 g/mol. The number of aromatic nitrogens is 2. The predicted molar refractivity (Wildman–Crippen MR) is 50.3 cm³/mol. The van der Waals surface area contributed by atoms with Crippen molar-refractivity contribution in [2.45, 2.75) is 12.5 Å². The molecule has 1 unspecified atom stereocenters. The molecule has 13 heavy (non-hydrogen) atoms. The summed E-state index contributed by atoms with van der Waals surface area (Å²) in [5.74, 6) is 0.821. The van der Waals surface area contributed by atoms with E-state index >= 15 is 0 Å². The molecule has 0 aliphatic heterocycles. The number of hydrogen-bond donors (Lipinski definition) is 1. The highest BCUT2D eigenvalue weighted by molar-refractivity contribution is 4.95. The smallest absolute Gasteiger partial charge is 0.145 e. The van der Waals surface area contributed by atoms with Crippen LogP contribution in [-0.4, -0.2) is 30.7 Å². The number of rotatable bonds is 5. The van der Waals surface area contributed by atoms with Crippen molar-refractivity contribution in [2.75, 3.05) is 20.8 Å². The molecule has 1 aromatic heterocycles. The second-order valence-corrected chi connectivity index (χ2v) is 2.73. The Morgan fingerprint density at radius 1 is 1.46 bits per heavy atom. The molecule has 4 heteroatoms. The van der Waals surface area contributed by atoms with Gasteiger partial charge in [0.05, 0.1) is 6.04 Å². The summed E-state index contributed by atoms with van der Waals surface area (Å²) in [6.07, 6.45) is 4.38. The van der Waals surface area contributed by atoms with Crippen LogP contribution in [0.25, 0.3) is 0 Å². The van der Waals surface area contributed by atoms with Crippen LogP contribution in [0.3, 0.4) is 0 Å². The first-order chi connectivity index (χ1) is 6.38. The zero-order valence-electron chi connectivity index (χ0n) is 8.03. The SMILES string of the molecule is CNC(CCOC)c1ncccn1. The molecule has 0 aromatic carbocycles. The van der Waals surface area contributed by atoms with Gasteiger partial charge >= 0.3 is 0 Å². The molecule has 0 amide bonds. The van der Waals surface area contributed by atoms with Crippen molar-refractivity contribution in [3.05, 3.63) is 24.3 Å². The minimum absolute atomic E-state index is 0.182. The number of nitrogens with one attached hydrogen (secondary N) is 1. The number of methoxy groups -OCH3 is 1. The maximum Gasteiger partial charge on any atom is 0.145 e. The molecule has 1 rings (SSSR count). The lowest BCUT2D eigenvalue weighted by atomic mass is 10.2. The molecule has 1 N–H and O–H groups in total. The molecule has 0 spiro atoms. The standard InChI is InChI=1S/C9H15N3O/c1-10-8(4-7-13-2)9-11-5-3-6-12-9/h3,5-6,8,10H,4,7H2,1-2H3. The summed E-state index contributed by atoms with van der Waals surface area (Å²) in [5, 5.41) is 3.15. The minimum Gasteiger partial charge on any atom is -0.385 e. The lowest BCUT2D eigenvalue weighted by Crippen LogP contribution is -2.20. The molecule has 0 bridgehead atoms. The third-order valence-corrected chi connectivity index (χ3v) is 1.86. The van der Waals surface area contributed by atoms with Crippen molar-refractivity contribution < 1.29 is 4.74 Å². The van der Waals surface area contributed by atoms with Gasteiger partial charge in [-0.15, -0.1) is 0 Å². The Kier molecular flexibility index (Phi) is 4.35. The second kappa shape index (κ2) is 5.61. The van der Waals surface area contributed by atoms with Gasteiger partial charge in [-0.1, -0.05) is 0 Å². The molecule has 1 atom stereocenters. The van der Waals surface area contributed by atoms with Crippen molar-refractivity contribution in [3.63, 3.8) is 0 Å². The Balaban J connectivity index is 2.56. The molecule has 72 valence electrons. The van der Waals surface area contributed by atoms with Crippen LogP contribution in [0.2, 0.25) is 0 Å². The predicted octanol–water partition coefficient (Wildman–Crippen LogP) is 0.774. The van der Waals surface area contributed by atoms with Crippen molar-refractivity contribution in [1.82, 2.24) is 15.3 Å². The van der Waals surface area contributed by atoms with E-state index in [1.165, 1.54) is 0 Å². The van der Waals surface area contributed by atoms with Crippen LogP contribution in [0.4, 0.5) is 0 Å². The fourth-order valence-electron chi connectivity index (χ4n) is 1.13. The molecule has 0 saturated heterocycles. The monoisotopic (exact) mass is 181 g/mol. The van der Waals surface area contributed by atoms with Gasteiger partial charge < -0.3 is 10.1 Å². The summed E-state index contributed by atoms with van der Waals surface area (Å²) in [4.78, 5) is 8.35. The van der Waals surface area contributed by atoms with Crippen LogP contribution < -0.4 is 5.32 Å². The lowest BCUT2D eigenvalue weighted by Gasteiger charge is -2.13. The minimum atomic E-state index is 0.182. The van der Waals surface area contributed by atoms with Gasteiger partial charge in [0.15, 0.2) is 0 Å². The van der Waals surface area contributed by atoms with Gasteiger partial charge in [0.1, 0.15) is 5.82 Å². The topological polar surface area (TPSA) is 47.0 Å². The first-order valence-electron chi connectivity index (χ1n) is 4.31. The highest BCUT2D eigenvalue weighted by atomic mass is 16.5. The largest absolute Gasteiger partial charge is 0.385 e. The van der Waals surface area contributed by atoms with Crippen LogP contribution in [0.1, 0.15) is 18.3 Å². The molecular weight excluding hydrogens is 166 g/mol. The van der Waals surface area contributed by atoms with Gasteiger partial charge in [0.25, 0.3) is 0 Å². The van der Waals surface area contributed by atoms with E-state index in [9.17, 15) is 0 Å². The van der Waals surface area contributed by atoms with Crippen LogP contribution in [-0.2, 0) is 4.74 Å². The van der Waals surface area contributed by atoms with Crippen molar-refractivity contribution in [3.8, 4) is 0 Å². The average Bonchev–Trinajstić information content (AvgIpc) is 2.21. The van der Waals surface area contributed by atoms with Crippen molar-refractivity contribution in [2.24, 2.45) is 0 Å². The summed E-state index contributed by atoms with van der Waals surface area (Å²) in [5.41, 5.74) is 0. The normalized spacial score (nSPS) is 12.8. The molecule has 0 saturated carbocycles. The Bertz CT molecular complexity index is 228. The van der Waals surface area contributed by atoms with E-state index in [1.54, 1.807) is 19.5 Å². The van der Waals surface area contributed by atoms with E-state index < -0.39 is 0 Å². The zero-order chi connectivity index (χ0) is 9.52. The number of ether oxygens (including phenoxy) is 1. The van der Waals surface area contributed by atoms with Gasteiger partial charge in [-0.25, -0.2) is 9.97 Å². The van der Waals surface area contributed by atoms with Crippen molar-refractivity contribution in [1.29, 1.82) is 0 Å². The van der Waals surface area contributed by atoms with Gasteiger partial charge in [0.2, 0.25) is 0 Å². The maximum atomic E-state index is 5.00. The highest BCUT2D eigenvalue weighted by Crippen LogP contribution is 2.09. The van der Waals surface area contributed by atoms with Crippen molar-refractivity contribution >= 4 is 0 Å². The molecule has 0 fully saturated rings. The first-order valence-corrected chi connectivity index (χ1v) is 4.31. The fourth-order valence-corrected chi connectivity index (χ4v) is 1.13. The zero-order valence-corrected chi connectivity index (χ0v) is 8.03. The molecule has 1 heterocycles. The maximum absolute atomic E-state index is 5.00. The van der Waals surface area contributed by atoms with E-state index in [2.05, 4.69) is 15.3 Å². The van der Waals surface area contributed by atoms with Crippen LogP contribution in [0.15, 0.2) is 18.5 Å².